The summed E-state index contributed by atoms with van der Waals surface area (Å²) in [7, 11) is -1.33. The molecule has 3 saturated heterocycles. The fourth-order valence-electron chi connectivity index (χ4n) is 6.33. The molecule has 4 aromatic heterocycles. The van der Waals surface area contributed by atoms with Crippen LogP contribution in [0.25, 0.3) is 32.1 Å². The largest absolute Gasteiger partial charge is 0.494 e. The van der Waals surface area contributed by atoms with Crippen molar-refractivity contribution >= 4 is 87.0 Å². The summed E-state index contributed by atoms with van der Waals surface area (Å²) in [4.78, 5) is 8.97. The van der Waals surface area contributed by atoms with Gasteiger partial charge in [0.1, 0.15) is 0 Å². The number of benzene rings is 2. The Balaban J connectivity index is 0.000000136. The molecule has 0 aliphatic carbocycles. The van der Waals surface area contributed by atoms with Crippen LogP contribution in [0.4, 0.5) is 0 Å². The molecule has 0 saturated carbocycles. The Labute approximate surface area is 358 Å². The predicted octanol–water partition coefficient (Wildman–Crippen LogP) is 8.89. The SMILES string of the molecule is CC1(C)OB(B2OC(C)(C)C(C)(C)O2)OC1(C)C.Cc1csc(-n2ncc3ccc(B4OC(C)(C)C(C)(C)O4)cc32)n1.Cc1csc(-n2ncc3ccc(Br)cc32)n1. The summed E-state index contributed by atoms with van der Waals surface area (Å²) >= 11 is 6.66. The summed E-state index contributed by atoms with van der Waals surface area (Å²) < 4.78 is 41.0. The van der Waals surface area contributed by atoms with Gasteiger partial charge < -0.3 is 27.9 Å². The topological polar surface area (TPSA) is 117 Å². The monoisotopic (exact) mass is 888 g/mol. The molecule has 18 heteroatoms. The molecule has 0 unspecified atom stereocenters. The molecule has 0 radical (unpaired) electrons. The Hall–Kier alpha value is -2.93. The number of fused-ring (bicyclic) bond motifs is 2. The number of halogens is 1. The zero-order chi connectivity index (χ0) is 42.2. The van der Waals surface area contributed by atoms with Gasteiger partial charge in [-0.25, -0.2) is 19.3 Å². The third-order valence-corrected chi connectivity index (χ3v) is 14.4. The lowest BCUT2D eigenvalue weighted by Crippen LogP contribution is -2.41. The minimum atomic E-state index is -0.476. The van der Waals surface area contributed by atoms with E-state index < -0.39 is 14.0 Å². The van der Waals surface area contributed by atoms with Gasteiger partial charge in [0.15, 0.2) is 0 Å². The van der Waals surface area contributed by atoms with E-state index in [2.05, 4.69) is 82.0 Å². The molecular weight excluding hydrogens is 837 g/mol. The van der Waals surface area contributed by atoms with Gasteiger partial charge in [-0.05, 0) is 121 Å². The average molecular weight is 889 g/mol. The maximum Gasteiger partial charge on any atom is 0.494 e. The van der Waals surface area contributed by atoms with Crippen molar-refractivity contribution in [2.45, 2.75) is 131 Å². The fourth-order valence-corrected chi connectivity index (χ4v) is 8.23. The molecule has 12 nitrogen and oxygen atoms in total. The first-order valence-corrected chi connectivity index (χ1v) is 22.0. The van der Waals surface area contributed by atoms with Crippen LogP contribution in [0.5, 0.6) is 0 Å². The second-order valence-corrected chi connectivity index (χ2v) is 20.6. The Morgan fingerprint density at radius 3 is 1.31 bits per heavy atom. The van der Waals surface area contributed by atoms with Gasteiger partial charge in [-0.15, -0.1) is 22.7 Å². The molecule has 9 rings (SSSR count). The third kappa shape index (κ3) is 8.25. The van der Waals surface area contributed by atoms with E-state index in [1.807, 2.05) is 120 Å². The van der Waals surface area contributed by atoms with Gasteiger partial charge in [0.05, 0.1) is 68.4 Å². The summed E-state index contributed by atoms with van der Waals surface area (Å²) in [5.41, 5.74) is 2.97. The van der Waals surface area contributed by atoms with Gasteiger partial charge in [0.2, 0.25) is 10.3 Å². The van der Waals surface area contributed by atoms with Gasteiger partial charge in [-0.2, -0.15) is 10.2 Å². The molecule has 0 spiro atoms. The van der Waals surface area contributed by atoms with Crippen LogP contribution >= 0.6 is 38.6 Å². The van der Waals surface area contributed by atoms with Gasteiger partial charge in [0.25, 0.3) is 0 Å². The van der Waals surface area contributed by atoms with Crippen LogP contribution in [0.2, 0.25) is 0 Å². The summed E-state index contributed by atoms with van der Waals surface area (Å²) in [6.07, 6.45) is 3.72. The molecule has 306 valence electrons. The normalized spacial score (nSPS) is 21.0. The number of aryl methyl sites for hydroxylation is 2. The van der Waals surface area contributed by atoms with Crippen molar-refractivity contribution in [3.05, 3.63) is 75.4 Å². The van der Waals surface area contributed by atoms with E-state index in [1.165, 1.54) is 0 Å². The van der Waals surface area contributed by atoms with E-state index in [9.17, 15) is 0 Å². The van der Waals surface area contributed by atoms with Crippen molar-refractivity contribution in [3.63, 3.8) is 0 Å². The van der Waals surface area contributed by atoms with Crippen LogP contribution in [0.1, 0.15) is 94.5 Å². The highest BCUT2D eigenvalue weighted by Crippen LogP contribution is 2.43. The van der Waals surface area contributed by atoms with Crippen LogP contribution in [-0.2, 0) is 27.9 Å². The highest BCUT2D eigenvalue weighted by Gasteiger charge is 2.63. The minimum absolute atomic E-state index is 0.348. The van der Waals surface area contributed by atoms with E-state index in [-0.39, 0.29) is 40.7 Å². The minimum Gasteiger partial charge on any atom is -0.405 e. The number of rotatable bonds is 4. The Kier molecular flexibility index (Phi) is 11.3. The van der Waals surface area contributed by atoms with Crippen LogP contribution in [-0.4, -0.2) is 84.3 Å². The highest BCUT2D eigenvalue weighted by molar-refractivity contribution is 9.10. The quantitative estimate of drug-likeness (QED) is 0.159. The predicted molar refractivity (Wildman–Crippen MR) is 239 cm³/mol. The molecule has 0 atom stereocenters. The van der Waals surface area contributed by atoms with Crippen molar-refractivity contribution < 1.29 is 27.9 Å². The molecule has 7 heterocycles. The van der Waals surface area contributed by atoms with E-state index in [4.69, 9.17) is 27.9 Å². The lowest BCUT2D eigenvalue weighted by atomic mass is 9.49. The summed E-state index contributed by atoms with van der Waals surface area (Å²) in [5, 5.41) is 16.9. The standard InChI is InChI=1S/C17H20BN3O2S.C12H24B2O4.C11H8BrN3S/c1-11-10-24-15(20-11)21-14-8-13(7-6-12(14)9-19-21)18-22-16(2,3)17(4,5)23-18;1-9(2)10(3,4)16-13(15-9)14-17-11(5,6)12(7,8)18-14;1-7-6-16-11(14-7)15-10-4-9(12)3-2-8(10)5-13-15/h6-10H,1-5H3;1-8H3;2-6H,1H3. The van der Waals surface area contributed by atoms with Crippen molar-refractivity contribution in [1.82, 2.24) is 29.5 Å². The molecular formula is C40H52B3BrN6O6S2. The fraction of sp³-hybridized carbons (Fsp3) is 0.500. The van der Waals surface area contributed by atoms with Gasteiger partial charge in [-0.1, -0.05) is 34.1 Å². The first kappa shape index (κ1) is 43.2. The van der Waals surface area contributed by atoms with E-state index in [0.717, 1.165) is 53.4 Å². The van der Waals surface area contributed by atoms with Crippen molar-refractivity contribution in [2.24, 2.45) is 0 Å². The number of hydrogen-bond acceptors (Lipinski definition) is 12. The first-order valence-electron chi connectivity index (χ1n) is 19.4. The summed E-state index contributed by atoms with van der Waals surface area (Å²) in [5.74, 6) is 0. The molecule has 6 aromatic rings. The van der Waals surface area contributed by atoms with E-state index >= 15 is 0 Å². The second kappa shape index (κ2) is 15.2. The van der Waals surface area contributed by atoms with Gasteiger partial charge >= 0.3 is 21.1 Å². The Bertz CT molecular complexity index is 2360. The van der Waals surface area contributed by atoms with Crippen LogP contribution in [0.3, 0.4) is 0 Å². The zero-order valence-electron chi connectivity index (χ0n) is 35.8. The Morgan fingerprint density at radius 1 is 0.534 bits per heavy atom. The number of thiazole rings is 2. The second-order valence-electron chi connectivity index (χ2n) is 18.0. The van der Waals surface area contributed by atoms with Gasteiger partial charge in [-0.3, -0.25) is 0 Å². The maximum atomic E-state index is 6.16. The Morgan fingerprint density at radius 2 is 0.914 bits per heavy atom. The maximum absolute atomic E-state index is 6.16. The number of aromatic nitrogens is 6. The molecule has 0 bridgehead atoms. The van der Waals surface area contributed by atoms with E-state index in [0.29, 0.717) is 0 Å². The van der Waals surface area contributed by atoms with Crippen molar-refractivity contribution in [3.8, 4) is 10.3 Å². The van der Waals surface area contributed by atoms with Crippen molar-refractivity contribution in [1.29, 1.82) is 0 Å². The van der Waals surface area contributed by atoms with E-state index in [1.54, 1.807) is 22.7 Å². The number of hydrogen-bond donors (Lipinski definition) is 0. The molecule has 3 fully saturated rings. The van der Waals surface area contributed by atoms with Crippen molar-refractivity contribution in [2.75, 3.05) is 0 Å². The lowest BCUT2D eigenvalue weighted by molar-refractivity contribution is 0.00578. The van der Waals surface area contributed by atoms with Crippen LogP contribution < -0.4 is 5.46 Å². The molecule has 2 aromatic carbocycles. The first-order chi connectivity index (χ1) is 26.9. The highest BCUT2D eigenvalue weighted by atomic mass is 79.9. The average Bonchev–Trinajstić information content (AvgIpc) is 3.98. The lowest BCUT2D eigenvalue weighted by Gasteiger charge is -2.32. The molecule has 3 aliphatic rings. The molecule has 0 amide bonds. The molecule has 58 heavy (non-hydrogen) atoms. The molecule has 3 aliphatic heterocycles. The zero-order valence-corrected chi connectivity index (χ0v) is 39.1. The molecule has 0 N–H and O–H groups in total. The van der Waals surface area contributed by atoms with Crippen LogP contribution in [0.15, 0.2) is 64.0 Å². The number of nitrogens with zero attached hydrogens (tertiary/aromatic N) is 6. The third-order valence-electron chi connectivity index (χ3n) is 12.0. The van der Waals surface area contributed by atoms with Crippen LogP contribution in [0, 0.1) is 13.8 Å². The smallest absolute Gasteiger partial charge is 0.405 e. The summed E-state index contributed by atoms with van der Waals surface area (Å²) in [6, 6.07) is 12.3. The van der Waals surface area contributed by atoms with Gasteiger partial charge in [0, 0.05) is 26.0 Å². The summed E-state index contributed by atoms with van der Waals surface area (Å²) in [6.45, 7) is 28.4.